The molecule has 0 fully saturated rings. The second kappa shape index (κ2) is 25.9. The summed E-state index contributed by atoms with van der Waals surface area (Å²) in [7, 11) is 0. The molecule has 0 bridgehead atoms. The largest absolute Gasteiger partial charge is 0.456 e. The Morgan fingerprint density at radius 3 is 1.67 bits per heavy atom. The van der Waals surface area contributed by atoms with Gasteiger partial charge in [0.2, 0.25) is 0 Å². The van der Waals surface area contributed by atoms with Gasteiger partial charge < -0.3 is 14.6 Å². The van der Waals surface area contributed by atoms with Gasteiger partial charge in [-0.2, -0.15) is 0 Å². The number of rotatable bonds is 16. The van der Waals surface area contributed by atoms with E-state index in [1.165, 1.54) is 51.4 Å². The standard InChI is InChI=1S/C31H36O5/c1-3-5-7-9-11-13-15-17-19-21-23-25-30(33)35-28-29(27-32)36-31(34)26-24-22-20-18-16-14-12-10-8-6-4-2/h29,32H,4,6,8,10,12,14,16,18,20,22,24,26-28H2,1-2H3/t29-/m0/s1. The minimum Gasteiger partial charge on any atom is -0.456 e. The van der Waals surface area contributed by atoms with Gasteiger partial charge in [0.05, 0.1) is 6.61 Å². The van der Waals surface area contributed by atoms with Crippen LogP contribution in [0.1, 0.15) is 90.9 Å². The molecule has 1 atom stereocenters. The molecule has 0 amide bonds. The van der Waals surface area contributed by atoms with Crippen molar-refractivity contribution in [2.45, 2.75) is 97.0 Å². The average molecular weight is 489 g/mol. The fraction of sp³-hybridized carbons (Fsp3) is 0.548. The molecule has 0 saturated carbocycles. The van der Waals surface area contributed by atoms with Gasteiger partial charge in [0.1, 0.15) is 6.61 Å². The Hall–Kier alpha value is -3.74. The van der Waals surface area contributed by atoms with E-state index in [4.69, 9.17) is 9.47 Å². The van der Waals surface area contributed by atoms with Crippen LogP contribution in [0.25, 0.3) is 0 Å². The quantitative estimate of drug-likeness (QED) is 0.153. The molecule has 0 saturated heterocycles. The molecule has 0 unspecified atom stereocenters. The number of carbonyl (C=O) groups is 2. The maximum atomic E-state index is 11.9. The van der Waals surface area contributed by atoms with E-state index in [1.54, 1.807) is 6.92 Å². The highest BCUT2D eigenvalue weighted by Crippen LogP contribution is 2.12. The average Bonchev–Trinajstić information content (AvgIpc) is 2.88. The van der Waals surface area contributed by atoms with Crippen LogP contribution in [0.5, 0.6) is 0 Å². The third-order valence-electron chi connectivity index (χ3n) is 4.74. The molecule has 0 heterocycles. The SMILES string of the molecule is CC#CC#CC#CC#CC#CC#CC(=O)OC[C@H](CO)OC(=O)CCCCCCCCCCCCC. The van der Waals surface area contributed by atoms with Crippen LogP contribution in [0, 0.1) is 71.0 Å². The molecule has 0 aliphatic carbocycles. The fourth-order valence-electron chi connectivity index (χ4n) is 2.90. The molecular weight excluding hydrogens is 452 g/mol. The van der Waals surface area contributed by atoms with E-state index in [9.17, 15) is 14.7 Å². The first-order valence-electron chi connectivity index (χ1n) is 12.5. The molecule has 0 spiro atoms. The summed E-state index contributed by atoms with van der Waals surface area (Å²) in [6.45, 7) is 3.18. The molecule has 0 aliphatic rings. The zero-order valence-electron chi connectivity index (χ0n) is 21.6. The molecule has 0 aliphatic heterocycles. The van der Waals surface area contributed by atoms with E-state index in [0.29, 0.717) is 0 Å². The lowest BCUT2D eigenvalue weighted by molar-refractivity contribution is -0.159. The van der Waals surface area contributed by atoms with Crippen LogP contribution < -0.4 is 0 Å². The van der Waals surface area contributed by atoms with Crippen molar-refractivity contribution in [1.29, 1.82) is 0 Å². The van der Waals surface area contributed by atoms with E-state index in [-0.39, 0.29) is 13.0 Å². The van der Waals surface area contributed by atoms with Crippen LogP contribution in [0.4, 0.5) is 0 Å². The summed E-state index contributed by atoms with van der Waals surface area (Å²) in [5.41, 5.74) is 0. The summed E-state index contributed by atoms with van der Waals surface area (Å²) in [5.74, 6) is 28.0. The highest BCUT2D eigenvalue weighted by atomic mass is 16.6. The topological polar surface area (TPSA) is 72.8 Å². The summed E-state index contributed by atoms with van der Waals surface area (Å²) >= 11 is 0. The van der Waals surface area contributed by atoms with Gasteiger partial charge in [-0.15, -0.1) is 0 Å². The van der Waals surface area contributed by atoms with Gasteiger partial charge in [0.25, 0.3) is 0 Å². The predicted octanol–water partition coefficient (Wildman–Crippen LogP) is 4.18. The number of aliphatic hydroxyl groups is 1. The van der Waals surface area contributed by atoms with Gasteiger partial charge in [0, 0.05) is 12.3 Å². The highest BCUT2D eigenvalue weighted by Gasteiger charge is 2.15. The normalized spacial score (nSPS) is 9.31. The van der Waals surface area contributed by atoms with Crippen LogP contribution in [0.2, 0.25) is 0 Å². The third kappa shape index (κ3) is 23.4. The number of carbonyl (C=O) groups excluding carboxylic acids is 2. The fourth-order valence-corrected chi connectivity index (χ4v) is 2.90. The Balaban J connectivity index is 4.01. The van der Waals surface area contributed by atoms with Gasteiger partial charge in [-0.05, 0) is 72.5 Å². The summed E-state index contributed by atoms with van der Waals surface area (Å²) in [4.78, 5) is 23.6. The molecule has 0 radical (unpaired) electrons. The van der Waals surface area contributed by atoms with Gasteiger partial charge in [-0.3, -0.25) is 4.79 Å². The van der Waals surface area contributed by atoms with E-state index in [1.807, 2.05) is 0 Å². The first-order chi connectivity index (χ1) is 17.6. The second-order valence-electron chi connectivity index (χ2n) is 7.80. The van der Waals surface area contributed by atoms with Crippen LogP contribution in [-0.2, 0) is 19.1 Å². The van der Waals surface area contributed by atoms with E-state index in [2.05, 4.69) is 78.0 Å². The summed E-state index contributed by atoms with van der Waals surface area (Å²) in [5, 5.41) is 9.36. The summed E-state index contributed by atoms with van der Waals surface area (Å²) in [6, 6.07) is 0. The molecule has 0 aromatic carbocycles. The predicted molar refractivity (Wildman–Crippen MR) is 141 cm³/mol. The van der Waals surface area contributed by atoms with Crippen LogP contribution in [0.15, 0.2) is 0 Å². The molecule has 36 heavy (non-hydrogen) atoms. The highest BCUT2D eigenvalue weighted by molar-refractivity contribution is 5.89. The molecule has 5 heteroatoms. The molecule has 1 N–H and O–H groups in total. The van der Waals surface area contributed by atoms with Crippen molar-refractivity contribution in [3.63, 3.8) is 0 Å². The summed E-state index contributed by atoms with van der Waals surface area (Å²) < 4.78 is 10.1. The van der Waals surface area contributed by atoms with E-state index in [0.717, 1.165) is 19.3 Å². The molecule has 190 valence electrons. The van der Waals surface area contributed by atoms with Crippen molar-refractivity contribution in [2.75, 3.05) is 13.2 Å². The van der Waals surface area contributed by atoms with Gasteiger partial charge in [-0.1, -0.05) is 77.1 Å². The summed E-state index contributed by atoms with van der Waals surface area (Å²) in [6.07, 6.45) is 12.5. The van der Waals surface area contributed by atoms with Crippen molar-refractivity contribution >= 4 is 11.9 Å². The van der Waals surface area contributed by atoms with E-state index < -0.39 is 24.6 Å². The lowest BCUT2D eigenvalue weighted by Gasteiger charge is -2.14. The zero-order valence-corrected chi connectivity index (χ0v) is 21.6. The van der Waals surface area contributed by atoms with Gasteiger partial charge in [-0.25, -0.2) is 4.79 Å². The lowest BCUT2D eigenvalue weighted by atomic mass is 10.1. The van der Waals surface area contributed by atoms with Crippen molar-refractivity contribution in [3.05, 3.63) is 0 Å². The molecule has 0 rings (SSSR count). The minimum atomic E-state index is -0.919. The monoisotopic (exact) mass is 488 g/mol. The molecule has 0 aromatic rings. The second-order valence-corrected chi connectivity index (χ2v) is 7.80. The van der Waals surface area contributed by atoms with Crippen molar-refractivity contribution in [1.82, 2.24) is 0 Å². The van der Waals surface area contributed by atoms with Crippen molar-refractivity contribution in [2.24, 2.45) is 0 Å². The Labute approximate surface area is 217 Å². The lowest BCUT2D eigenvalue weighted by Crippen LogP contribution is -2.28. The first-order valence-corrected chi connectivity index (χ1v) is 12.5. The minimum absolute atomic E-state index is 0.278. The number of unbranched alkanes of at least 4 members (excludes halogenated alkanes) is 10. The van der Waals surface area contributed by atoms with Gasteiger partial charge >= 0.3 is 11.9 Å². The number of hydrogen-bond acceptors (Lipinski definition) is 5. The Kier molecular flexibility index (Phi) is 23.2. The molecular formula is C31H36O5. The number of aliphatic hydroxyl groups excluding tert-OH is 1. The zero-order chi connectivity index (χ0) is 26.5. The molecule has 0 aromatic heterocycles. The maximum absolute atomic E-state index is 11.9. The van der Waals surface area contributed by atoms with Crippen LogP contribution >= 0.6 is 0 Å². The Bertz CT molecular complexity index is 1020. The smallest absolute Gasteiger partial charge is 0.385 e. The maximum Gasteiger partial charge on any atom is 0.385 e. The molecule has 5 nitrogen and oxygen atoms in total. The third-order valence-corrected chi connectivity index (χ3v) is 4.74. The number of ether oxygens (including phenoxy) is 2. The number of esters is 2. The Morgan fingerprint density at radius 2 is 1.17 bits per heavy atom. The first kappa shape index (κ1) is 32.3. The van der Waals surface area contributed by atoms with Crippen LogP contribution in [0.3, 0.4) is 0 Å². The van der Waals surface area contributed by atoms with Crippen molar-refractivity contribution in [3.8, 4) is 71.0 Å². The van der Waals surface area contributed by atoms with Crippen molar-refractivity contribution < 1.29 is 24.2 Å². The number of hydrogen-bond donors (Lipinski definition) is 1. The van der Waals surface area contributed by atoms with E-state index >= 15 is 0 Å². The Morgan fingerprint density at radius 1 is 0.694 bits per heavy atom. The van der Waals surface area contributed by atoms with Gasteiger partial charge in [0.15, 0.2) is 6.10 Å². The van der Waals surface area contributed by atoms with Crippen LogP contribution in [-0.4, -0.2) is 36.4 Å².